The van der Waals surface area contributed by atoms with Gasteiger partial charge in [-0.2, -0.15) is 13.2 Å². The molecule has 0 bridgehead atoms. The van der Waals surface area contributed by atoms with Crippen molar-refractivity contribution in [3.63, 3.8) is 0 Å². The summed E-state index contributed by atoms with van der Waals surface area (Å²) < 4.78 is 77.5. The molecule has 2 aromatic heterocycles. The number of hydrogen-bond donors (Lipinski definition) is 3. The second-order valence-corrected chi connectivity index (χ2v) is 7.45. The predicted molar refractivity (Wildman–Crippen MR) is 116 cm³/mol. The molecule has 4 rings (SSSR count). The highest BCUT2D eigenvalue weighted by atomic mass is 19.4. The van der Waals surface area contributed by atoms with Gasteiger partial charge in [-0.05, 0) is 30.3 Å². The molecule has 0 aliphatic heterocycles. The molecule has 2 aromatic carbocycles. The monoisotopic (exact) mass is 508 g/mol. The number of aromatic hydroxyl groups is 1. The molecule has 0 aliphatic rings. The van der Waals surface area contributed by atoms with Gasteiger partial charge in [0.15, 0.2) is 28.8 Å². The minimum Gasteiger partial charge on any atom is -0.503 e. The van der Waals surface area contributed by atoms with Gasteiger partial charge >= 0.3 is 6.18 Å². The Kier molecular flexibility index (Phi) is 6.50. The highest BCUT2D eigenvalue weighted by Gasteiger charge is 2.33. The summed E-state index contributed by atoms with van der Waals surface area (Å²) in [7, 11) is 1.28. The number of halogens is 5. The zero-order valence-electron chi connectivity index (χ0n) is 18.4. The molecule has 36 heavy (non-hydrogen) atoms. The van der Waals surface area contributed by atoms with E-state index in [1.54, 1.807) is 0 Å². The number of nitrogens with two attached hydrogens (primary N) is 1. The second-order valence-electron chi connectivity index (χ2n) is 7.45. The average molecular weight is 508 g/mol. The lowest BCUT2D eigenvalue weighted by molar-refractivity contribution is -0.140. The molecule has 0 aliphatic carbocycles. The number of nitrogens with one attached hydrogen (secondary N) is 1. The van der Waals surface area contributed by atoms with Crippen LogP contribution >= 0.6 is 0 Å². The van der Waals surface area contributed by atoms with E-state index < -0.39 is 41.7 Å². The molecule has 0 spiro atoms. The number of carbonyl (C=O) groups excluding carboxylic acids is 1. The van der Waals surface area contributed by atoms with Gasteiger partial charge in [-0.1, -0.05) is 6.07 Å². The predicted octanol–water partition coefficient (Wildman–Crippen LogP) is 4.29. The number of carbonyl (C=O) groups is 1. The lowest BCUT2D eigenvalue weighted by atomic mass is 10.1. The van der Waals surface area contributed by atoms with Gasteiger partial charge in [0.05, 0.1) is 13.7 Å². The number of rotatable bonds is 6. The van der Waals surface area contributed by atoms with Gasteiger partial charge in [-0.25, -0.2) is 18.7 Å². The summed E-state index contributed by atoms with van der Waals surface area (Å²) in [6.45, 7) is -0.674. The van der Waals surface area contributed by atoms with E-state index in [-0.39, 0.29) is 51.7 Å². The summed E-state index contributed by atoms with van der Waals surface area (Å²) in [6.07, 6.45) is -4.68. The summed E-state index contributed by atoms with van der Waals surface area (Å²) in [5, 5.41) is 12.0. The largest absolute Gasteiger partial charge is 0.503 e. The Hall–Kier alpha value is -4.26. The maximum atomic E-state index is 14.0. The average Bonchev–Trinajstić information content (AvgIpc) is 3.29. The molecule has 13 heteroatoms. The van der Waals surface area contributed by atoms with Crippen molar-refractivity contribution < 1.29 is 41.0 Å². The highest BCUT2D eigenvalue weighted by Crippen LogP contribution is 2.37. The zero-order chi connectivity index (χ0) is 26.2. The summed E-state index contributed by atoms with van der Waals surface area (Å²) in [4.78, 5) is 20.5. The van der Waals surface area contributed by atoms with Gasteiger partial charge in [-0.15, -0.1) is 0 Å². The molecular formula is C23H17F5N4O4. The number of phenolic OH excluding ortho intramolecular Hbond substituents is 1. The van der Waals surface area contributed by atoms with Crippen molar-refractivity contribution in [2.45, 2.75) is 19.3 Å². The maximum absolute atomic E-state index is 14.0. The Morgan fingerprint density at radius 3 is 2.56 bits per heavy atom. The first-order chi connectivity index (χ1) is 17.0. The number of methoxy groups -OCH3 is 1. The number of hydrogen-bond acceptors (Lipinski definition) is 7. The van der Waals surface area contributed by atoms with Crippen LogP contribution in [-0.4, -0.2) is 28.1 Å². The topological polar surface area (TPSA) is 124 Å². The molecule has 0 unspecified atom stereocenters. The smallest absolute Gasteiger partial charge is 0.433 e. The van der Waals surface area contributed by atoms with E-state index in [4.69, 9.17) is 14.9 Å². The molecule has 0 fully saturated rings. The standard InChI is InChI=1S/C23H17F5N4O4/c1-35-14-6-3-12(11-4-7-16(23(26,27)28)31-18(11)14)22-32-19(15(8-29)36-22)21(34)30-9-10-2-5-13(24)20(33)17(10)25/h2-7,33H,8-9,29H2,1H3,(H,30,34). The van der Waals surface area contributed by atoms with Crippen LogP contribution in [0.2, 0.25) is 0 Å². The fraction of sp³-hybridized carbons (Fsp3) is 0.174. The van der Waals surface area contributed by atoms with Crippen molar-refractivity contribution in [3.8, 4) is 23.0 Å². The van der Waals surface area contributed by atoms with Crippen LogP contribution in [0, 0.1) is 11.6 Å². The van der Waals surface area contributed by atoms with E-state index in [2.05, 4.69) is 15.3 Å². The van der Waals surface area contributed by atoms with Crippen molar-refractivity contribution >= 4 is 16.8 Å². The van der Waals surface area contributed by atoms with Crippen LogP contribution in [0.1, 0.15) is 27.5 Å². The third-order valence-corrected chi connectivity index (χ3v) is 5.25. The lowest BCUT2D eigenvalue weighted by Crippen LogP contribution is -2.25. The summed E-state index contributed by atoms with van der Waals surface area (Å²) >= 11 is 0. The van der Waals surface area contributed by atoms with Crippen molar-refractivity contribution in [1.29, 1.82) is 0 Å². The number of pyridine rings is 1. The summed E-state index contributed by atoms with van der Waals surface area (Å²) in [6, 6.07) is 6.71. The SMILES string of the molecule is COc1ccc(-c2nc(C(=O)NCc3ccc(F)c(O)c3F)c(CN)o2)c2ccc(C(F)(F)F)nc12. The first-order valence-electron chi connectivity index (χ1n) is 10.2. The van der Waals surface area contributed by atoms with Crippen LogP contribution in [0.25, 0.3) is 22.4 Å². The normalized spacial score (nSPS) is 11.6. The van der Waals surface area contributed by atoms with Crippen molar-refractivity contribution in [2.24, 2.45) is 5.73 Å². The van der Waals surface area contributed by atoms with Crippen LogP contribution in [0.4, 0.5) is 22.0 Å². The fourth-order valence-corrected chi connectivity index (χ4v) is 3.46. The van der Waals surface area contributed by atoms with Gasteiger partial charge in [0.25, 0.3) is 5.91 Å². The number of aromatic nitrogens is 2. The number of benzene rings is 2. The maximum Gasteiger partial charge on any atom is 0.433 e. The second kappa shape index (κ2) is 9.41. The Labute approximate surface area is 199 Å². The van der Waals surface area contributed by atoms with E-state index in [0.29, 0.717) is 0 Å². The number of ether oxygens (including phenoxy) is 1. The Bertz CT molecular complexity index is 1470. The first-order valence-corrected chi connectivity index (χ1v) is 10.2. The van der Waals surface area contributed by atoms with Crippen LogP contribution in [0.15, 0.2) is 40.8 Å². The van der Waals surface area contributed by atoms with Gasteiger partial charge in [0.1, 0.15) is 17.0 Å². The lowest BCUT2D eigenvalue weighted by Gasteiger charge is -2.11. The molecule has 4 N–H and O–H groups in total. The zero-order valence-corrected chi connectivity index (χ0v) is 18.4. The molecule has 0 radical (unpaired) electrons. The third kappa shape index (κ3) is 4.52. The van der Waals surface area contributed by atoms with Crippen LogP contribution in [0.5, 0.6) is 11.5 Å². The van der Waals surface area contributed by atoms with Gasteiger partial charge < -0.3 is 25.3 Å². The van der Waals surface area contributed by atoms with Crippen LogP contribution in [-0.2, 0) is 19.3 Å². The molecule has 2 heterocycles. The molecule has 8 nitrogen and oxygen atoms in total. The molecule has 0 saturated carbocycles. The molecule has 4 aromatic rings. The quantitative estimate of drug-likeness (QED) is 0.332. The fourth-order valence-electron chi connectivity index (χ4n) is 3.46. The van der Waals surface area contributed by atoms with E-state index in [9.17, 15) is 31.9 Å². The van der Waals surface area contributed by atoms with E-state index in [1.165, 1.54) is 25.3 Å². The molecule has 0 atom stereocenters. The van der Waals surface area contributed by atoms with Crippen molar-refractivity contribution in [1.82, 2.24) is 15.3 Å². The number of amides is 1. The number of alkyl halides is 3. The Balaban J connectivity index is 1.70. The van der Waals surface area contributed by atoms with Crippen LogP contribution < -0.4 is 15.8 Å². The minimum absolute atomic E-state index is 0.0474. The third-order valence-electron chi connectivity index (χ3n) is 5.25. The van der Waals surface area contributed by atoms with Gasteiger partial charge in [-0.3, -0.25) is 4.79 Å². The number of nitrogens with zero attached hydrogens (tertiary/aromatic N) is 2. The van der Waals surface area contributed by atoms with Gasteiger partial charge in [0, 0.05) is 23.1 Å². The van der Waals surface area contributed by atoms with E-state index in [0.717, 1.165) is 18.2 Å². The highest BCUT2D eigenvalue weighted by molar-refractivity contribution is 5.98. The van der Waals surface area contributed by atoms with E-state index >= 15 is 0 Å². The first kappa shape index (κ1) is 24.9. The Morgan fingerprint density at radius 2 is 1.89 bits per heavy atom. The number of oxazole rings is 1. The Morgan fingerprint density at radius 1 is 1.14 bits per heavy atom. The van der Waals surface area contributed by atoms with Crippen LogP contribution in [0.3, 0.4) is 0 Å². The summed E-state index contributed by atoms with van der Waals surface area (Å²) in [5.74, 6) is -4.48. The number of fused-ring (bicyclic) bond motifs is 1. The van der Waals surface area contributed by atoms with Crippen molar-refractivity contribution in [2.75, 3.05) is 7.11 Å². The number of phenols is 1. The molecule has 1 amide bonds. The summed E-state index contributed by atoms with van der Waals surface area (Å²) in [5.41, 5.74) is 4.22. The minimum atomic E-state index is -4.68. The van der Waals surface area contributed by atoms with E-state index in [1.807, 2.05) is 0 Å². The molecular weight excluding hydrogens is 491 g/mol. The van der Waals surface area contributed by atoms with Crippen molar-refractivity contribution in [3.05, 3.63) is 70.7 Å². The molecule has 0 saturated heterocycles. The molecule has 188 valence electrons. The van der Waals surface area contributed by atoms with Gasteiger partial charge in [0.2, 0.25) is 5.89 Å².